The van der Waals surface area contributed by atoms with Crippen molar-refractivity contribution in [3.63, 3.8) is 0 Å². The SMILES string of the molecule is COCCC(C)Nc1cccc(Cl)c1N. The van der Waals surface area contributed by atoms with Gasteiger partial charge in [0, 0.05) is 19.8 Å². The zero-order valence-electron chi connectivity index (χ0n) is 9.09. The second-order valence-electron chi connectivity index (χ2n) is 3.53. The topological polar surface area (TPSA) is 47.3 Å². The molecular formula is C11H17ClN2O. The Hall–Kier alpha value is -0.930. The maximum Gasteiger partial charge on any atom is 0.0739 e. The second kappa shape index (κ2) is 5.83. The molecule has 0 spiro atoms. The van der Waals surface area contributed by atoms with E-state index in [1.54, 1.807) is 13.2 Å². The van der Waals surface area contributed by atoms with Gasteiger partial charge < -0.3 is 15.8 Å². The van der Waals surface area contributed by atoms with Crippen molar-refractivity contribution >= 4 is 23.0 Å². The summed E-state index contributed by atoms with van der Waals surface area (Å²) < 4.78 is 5.01. The lowest BCUT2D eigenvalue weighted by molar-refractivity contribution is 0.191. The minimum absolute atomic E-state index is 0.311. The van der Waals surface area contributed by atoms with E-state index >= 15 is 0 Å². The molecule has 3 nitrogen and oxygen atoms in total. The van der Waals surface area contributed by atoms with Crippen LogP contribution in [0, 0.1) is 0 Å². The van der Waals surface area contributed by atoms with E-state index in [0.717, 1.165) is 18.7 Å². The van der Waals surface area contributed by atoms with Crippen molar-refractivity contribution in [3.8, 4) is 0 Å². The minimum Gasteiger partial charge on any atom is -0.396 e. The number of hydrogen-bond donors (Lipinski definition) is 2. The molecule has 0 aliphatic carbocycles. The number of rotatable bonds is 5. The molecule has 4 heteroatoms. The fraction of sp³-hybridized carbons (Fsp3) is 0.455. The van der Waals surface area contributed by atoms with Crippen LogP contribution in [0.4, 0.5) is 11.4 Å². The maximum atomic E-state index is 5.91. The van der Waals surface area contributed by atoms with Crippen molar-refractivity contribution in [3.05, 3.63) is 23.2 Å². The van der Waals surface area contributed by atoms with Gasteiger partial charge in [-0.2, -0.15) is 0 Å². The predicted molar refractivity (Wildman–Crippen MR) is 65.4 cm³/mol. The number of nitrogens with two attached hydrogens (primary N) is 1. The predicted octanol–water partition coefficient (Wildman–Crippen LogP) is 2.76. The van der Waals surface area contributed by atoms with E-state index in [9.17, 15) is 0 Å². The van der Waals surface area contributed by atoms with E-state index in [1.807, 2.05) is 12.1 Å². The van der Waals surface area contributed by atoms with Crippen LogP contribution in [0.25, 0.3) is 0 Å². The Morgan fingerprint density at radius 2 is 2.27 bits per heavy atom. The van der Waals surface area contributed by atoms with Gasteiger partial charge in [-0.3, -0.25) is 0 Å². The average molecular weight is 229 g/mol. The Labute approximate surface area is 95.6 Å². The van der Waals surface area contributed by atoms with Gasteiger partial charge >= 0.3 is 0 Å². The van der Waals surface area contributed by atoms with E-state index < -0.39 is 0 Å². The van der Waals surface area contributed by atoms with Crippen LogP contribution in [0.1, 0.15) is 13.3 Å². The third-order valence-electron chi connectivity index (χ3n) is 2.21. The van der Waals surface area contributed by atoms with Gasteiger partial charge in [-0.1, -0.05) is 17.7 Å². The van der Waals surface area contributed by atoms with Gasteiger partial charge in [0.15, 0.2) is 0 Å². The molecule has 0 aliphatic rings. The second-order valence-corrected chi connectivity index (χ2v) is 3.94. The summed E-state index contributed by atoms with van der Waals surface area (Å²) >= 11 is 5.91. The van der Waals surface area contributed by atoms with Crippen LogP contribution in [0.3, 0.4) is 0 Å². The van der Waals surface area contributed by atoms with Crippen molar-refractivity contribution in [2.45, 2.75) is 19.4 Å². The van der Waals surface area contributed by atoms with Gasteiger partial charge in [0.25, 0.3) is 0 Å². The highest BCUT2D eigenvalue weighted by Gasteiger charge is 2.06. The number of anilines is 2. The van der Waals surface area contributed by atoms with Crippen molar-refractivity contribution in [2.75, 3.05) is 24.8 Å². The van der Waals surface area contributed by atoms with Crippen LogP contribution in [-0.2, 0) is 4.74 Å². The molecule has 0 heterocycles. The lowest BCUT2D eigenvalue weighted by Crippen LogP contribution is -2.18. The van der Waals surface area contributed by atoms with Crippen LogP contribution in [0.2, 0.25) is 5.02 Å². The molecule has 0 radical (unpaired) electrons. The van der Waals surface area contributed by atoms with Crippen LogP contribution < -0.4 is 11.1 Å². The largest absolute Gasteiger partial charge is 0.396 e. The average Bonchev–Trinajstić information content (AvgIpc) is 2.22. The molecule has 0 amide bonds. The van der Waals surface area contributed by atoms with E-state index in [1.165, 1.54) is 0 Å². The van der Waals surface area contributed by atoms with Crippen molar-refractivity contribution < 1.29 is 4.74 Å². The van der Waals surface area contributed by atoms with Gasteiger partial charge in [0.1, 0.15) is 0 Å². The first-order valence-electron chi connectivity index (χ1n) is 4.94. The number of nitrogens with one attached hydrogen (secondary N) is 1. The minimum atomic E-state index is 0.311. The molecule has 0 saturated carbocycles. The maximum absolute atomic E-state index is 5.91. The molecule has 15 heavy (non-hydrogen) atoms. The van der Waals surface area contributed by atoms with Gasteiger partial charge in [-0.15, -0.1) is 0 Å². The van der Waals surface area contributed by atoms with Crippen molar-refractivity contribution in [2.24, 2.45) is 0 Å². The number of methoxy groups -OCH3 is 1. The van der Waals surface area contributed by atoms with E-state index in [4.69, 9.17) is 22.1 Å². The molecular weight excluding hydrogens is 212 g/mol. The fourth-order valence-electron chi connectivity index (χ4n) is 1.30. The number of nitrogen functional groups attached to an aromatic ring is 1. The van der Waals surface area contributed by atoms with Crippen molar-refractivity contribution in [1.82, 2.24) is 0 Å². The molecule has 0 aromatic heterocycles. The number of hydrogen-bond acceptors (Lipinski definition) is 3. The molecule has 0 bridgehead atoms. The highest BCUT2D eigenvalue weighted by Crippen LogP contribution is 2.27. The monoisotopic (exact) mass is 228 g/mol. The lowest BCUT2D eigenvalue weighted by atomic mass is 10.2. The number of halogens is 1. The normalized spacial score (nSPS) is 12.5. The summed E-state index contributed by atoms with van der Waals surface area (Å²) in [5, 5.41) is 3.88. The summed E-state index contributed by atoms with van der Waals surface area (Å²) in [6.07, 6.45) is 0.933. The van der Waals surface area contributed by atoms with Gasteiger partial charge in [-0.25, -0.2) is 0 Å². The highest BCUT2D eigenvalue weighted by atomic mass is 35.5. The Morgan fingerprint density at radius 1 is 1.53 bits per heavy atom. The number of benzene rings is 1. The third kappa shape index (κ3) is 3.61. The Kier molecular flexibility index (Phi) is 4.72. The number of para-hydroxylation sites is 1. The summed E-state index contributed by atoms with van der Waals surface area (Å²) in [4.78, 5) is 0. The molecule has 1 aromatic carbocycles. The van der Waals surface area contributed by atoms with E-state index in [-0.39, 0.29) is 0 Å². The first kappa shape index (κ1) is 12.1. The van der Waals surface area contributed by atoms with E-state index in [0.29, 0.717) is 16.8 Å². The quantitative estimate of drug-likeness (QED) is 0.762. The summed E-state index contributed by atoms with van der Waals surface area (Å²) in [6, 6.07) is 5.89. The molecule has 1 unspecified atom stereocenters. The molecule has 1 atom stereocenters. The van der Waals surface area contributed by atoms with Crippen LogP contribution in [0.15, 0.2) is 18.2 Å². The van der Waals surface area contributed by atoms with Crippen LogP contribution in [-0.4, -0.2) is 19.8 Å². The van der Waals surface area contributed by atoms with Crippen molar-refractivity contribution in [1.29, 1.82) is 0 Å². The smallest absolute Gasteiger partial charge is 0.0739 e. The molecule has 0 saturated heterocycles. The van der Waals surface area contributed by atoms with Crippen LogP contribution in [0.5, 0.6) is 0 Å². The highest BCUT2D eigenvalue weighted by molar-refractivity contribution is 6.33. The first-order valence-corrected chi connectivity index (χ1v) is 5.32. The summed E-state index contributed by atoms with van der Waals surface area (Å²) in [6.45, 7) is 2.81. The molecule has 0 fully saturated rings. The lowest BCUT2D eigenvalue weighted by Gasteiger charge is -2.16. The Morgan fingerprint density at radius 3 is 2.93 bits per heavy atom. The third-order valence-corrected chi connectivity index (χ3v) is 2.54. The zero-order valence-corrected chi connectivity index (χ0v) is 9.84. The summed E-state index contributed by atoms with van der Waals surface area (Å²) in [5.74, 6) is 0. The molecule has 1 aromatic rings. The summed E-state index contributed by atoms with van der Waals surface area (Å²) in [7, 11) is 1.69. The Balaban J connectivity index is 2.60. The molecule has 0 aliphatic heterocycles. The van der Waals surface area contributed by atoms with Gasteiger partial charge in [0.2, 0.25) is 0 Å². The van der Waals surface area contributed by atoms with Crippen LogP contribution >= 0.6 is 11.6 Å². The fourth-order valence-corrected chi connectivity index (χ4v) is 1.47. The zero-order chi connectivity index (χ0) is 11.3. The molecule has 1 rings (SSSR count). The standard InChI is InChI=1S/C11H17ClN2O/c1-8(6-7-15-2)14-10-5-3-4-9(12)11(10)13/h3-5,8,14H,6-7,13H2,1-2H3. The van der Waals surface area contributed by atoms with Gasteiger partial charge in [-0.05, 0) is 25.5 Å². The first-order chi connectivity index (χ1) is 7.15. The Bertz CT molecular complexity index is 317. The van der Waals surface area contributed by atoms with Gasteiger partial charge in [0.05, 0.1) is 16.4 Å². The molecule has 3 N–H and O–H groups in total. The van der Waals surface area contributed by atoms with E-state index in [2.05, 4.69) is 12.2 Å². The molecule has 84 valence electrons. The number of ether oxygens (including phenoxy) is 1. The summed E-state index contributed by atoms with van der Waals surface area (Å²) in [5.41, 5.74) is 7.31.